The molecule has 0 radical (unpaired) electrons. The first-order valence-electron chi connectivity index (χ1n) is 4.92. The van der Waals surface area contributed by atoms with E-state index < -0.39 is 0 Å². The number of nitrogens with zero attached hydrogens (tertiary/aromatic N) is 1. The molecule has 0 bridgehead atoms. The smallest absolute Gasteiger partial charge is 0.232 e. The van der Waals surface area contributed by atoms with Crippen LogP contribution >= 0.6 is 11.9 Å². The van der Waals surface area contributed by atoms with Crippen LogP contribution in [-0.2, 0) is 4.79 Å². The van der Waals surface area contributed by atoms with Crippen molar-refractivity contribution in [3.8, 4) is 5.75 Å². The molecule has 4 heteroatoms. The average Bonchev–Trinajstić information content (AvgIpc) is 2.66. The summed E-state index contributed by atoms with van der Waals surface area (Å²) in [5.41, 5.74) is 0. The molecule has 2 rings (SSSR count). The molecular weight excluding hydrogens is 210 g/mol. The van der Waals surface area contributed by atoms with Gasteiger partial charge in [-0.05, 0) is 42.6 Å². The molecule has 0 unspecified atom stereocenters. The quantitative estimate of drug-likeness (QED) is 0.736. The number of hydrogen-bond donors (Lipinski definition) is 0. The Kier molecular flexibility index (Phi) is 3.16. The van der Waals surface area contributed by atoms with E-state index in [-0.39, 0.29) is 5.91 Å². The molecule has 3 nitrogen and oxygen atoms in total. The third-order valence-electron chi connectivity index (χ3n) is 2.31. The van der Waals surface area contributed by atoms with E-state index in [2.05, 4.69) is 0 Å². The predicted molar refractivity (Wildman–Crippen MR) is 59.8 cm³/mol. The summed E-state index contributed by atoms with van der Waals surface area (Å²) >= 11 is 1.51. The summed E-state index contributed by atoms with van der Waals surface area (Å²) in [6.07, 6.45) is 1.66. The molecule has 1 amide bonds. The van der Waals surface area contributed by atoms with Gasteiger partial charge < -0.3 is 4.74 Å². The van der Waals surface area contributed by atoms with Crippen LogP contribution in [0.25, 0.3) is 0 Å². The largest absolute Gasteiger partial charge is 0.497 e. The van der Waals surface area contributed by atoms with Crippen molar-refractivity contribution in [2.75, 3.05) is 13.7 Å². The second-order valence-corrected chi connectivity index (χ2v) is 4.46. The molecule has 1 aliphatic rings. The second-order valence-electron chi connectivity index (χ2n) is 3.37. The Bertz CT molecular complexity index is 350. The number of methoxy groups -OCH3 is 1. The molecule has 1 fully saturated rings. The van der Waals surface area contributed by atoms with Gasteiger partial charge in [-0.1, -0.05) is 0 Å². The molecule has 1 aliphatic heterocycles. The molecule has 0 aromatic heterocycles. The Morgan fingerprint density at radius 3 is 2.60 bits per heavy atom. The topological polar surface area (TPSA) is 29.5 Å². The average molecular weight is 223 g/mol. The molecule has 0 spiro atoms. The number of benzene rings is 1. The van der Waals surface area contributed by atoms with E-state index in [1.165, 1.54) is 11.9 Å². The summed E-state index contributed by atoms with van der Waals surface area (Å²) in [5.74, 6) is 1.07. The molecule has 80 valence electrons. The number of carbonyl (C=O) groups excluding carboxylic acids is 1. The molecular formula is C11H13NO2S. The lowest BCUT2D eigenvalue weighted by molar-refractivity contribution is -0.123. The van der Waals surface area contributed by atoms with Gasteiger partial charge in [0.1, 0.15) is 5.75 Å². The first-order chi connectivity index (χ1) is 7.29. The van der Waals surface area contributed by atoms with Gasteiger partial charge in [-0.2, -0.15) is 0 Å². The molecule has 1 aromatic carbocycles. The Hall–Kier alpha value is -1.16. The number of carbonyl (C=O) groups is 1. The van der Waals surface area contributed by atoms with Crippen LogP contribution in [0.1, 0.15) is 12.8 Å². The Labute approximate surface area is 93.5 Å². The van der Waals surface area contributed by atoms with Gasteiger partial charge in [0.25, 0.3) is 0 Å². The summed E-state index contributed by atoms with van der Waals surface area (Å²) in [7, 11) is 1.64. The summed E-state index contributed by atoms with van der Waals surface area (Å²) in [6.45, 7) is 0.857. The number of rotatable bonds is 3. The molecule has 0 aliphatic carbocycles. The van der Waals surface area contributed by atoms with Gasteiger partial charge in [0.2, 0.25) is 5.91 Å². The van der Waals surface area contributed by atoms with Gasteiger partial charge in [-0.3, -0.25) is 9.10 Å². The first-order valence-corrected chi connectivity index (χ1v) is 5.69. The molecule has 0 N–H and O–H groups in total. The van der Waals surface area contributed by atoms with Crippen molar-refractivity contribution in [3.63, 3.8) is 0 Å². The van der Waals surface area contributed by atoms with Crippen molar-refractivity contribution >= 4 is 17.9 Å². The standard InChI is InChI=1S/C11H13NO2S/c1-14-9-4-6-10(7-5-9)15-12-8-2-3-11(12)13/h4-7H,2-3,8H2,1H3. The van der Waals surface area contributed by atoms with Crippen LogP contribution in [-0.4, -0.2) is 23.9 Å². The van der Waals surface area contributed by atoms with Crippen LogP contribution < -0.4 is 4.74 Å². The van der Waals surface area contributed by atoms with Crippen molar-refractivity contribution in [2.45, 2.75) is 17.7 Å². The zero-order chi connectivity index (χ0) is 10.7. The minimum Gasteiger partial charge on any atom is -0.497 e. The third-order valence-corrected chi connectivity index (χ3v) is 3.39. The van der Waals surface area contributed by atoms with Gasteiger partial charge in [0, 0.05) is 17.9 Å². The molecule has 1 saturated heterocycles. The maximum absolute atomic E-state index is 11.4. The van der Waals surface area contributed by atoms with Gasteiger partial charge in [0.05, 0.1) is 7.11 Å². The monoisotopic (exact) mass is 223 g/mol. The van der Waals surface area contributed by atoms with E-state index >= 15 is 0 Å². The molecule has 1 heterocycles. The lowest BCUT2D eigenvalue weighted by Gasteiger charge is -2.13. The lowest BCUT2D eigenvalue weighted by Crippen LogP contribution is -2.15. The van der Waals surface area contributed by atoms with Crippen LogP contribution in [0.3, 0.4) is 0 Å². The highest BCUT2D eigenvalue weighted by atomic mass is 32.2. The number of amides is 1. The van der Waals surface area contributed by atoms with Gasteiger partial charge >= 0.3 is 0 Å². The van der Waals surface area contributed by atoms with E-state index in [1.807, 2.05) is 28.6 Å². The maximum atomic E-state index is 11.4. The molecule has 0 saturated carbocycles. The minimum atomic E-state index is 0.232. The van der Waals surface area contributed by atoms with Crippen LogP contribution in [0.4, 0.5) is 0 Å². The van der Waals surface area contributed by atoms with Crippen molar-refractivity contribution in [1.82, 2.24) is 4.31 Å². The fourth-order valence-electron chi connectivity index (χ4n) is 1.48. The van der Waals surface area contributed by atoms with Crippen LogP contribution in [0.5, 0.6) is 5.75 Å². The summed E-state index contributed by atoms with van der Waals surface area (Å²) in [5, 5.41) is 0. The van der Waals surface area contributed by atoms with E-state index in [0.717, 1.165) is 23.6 Å². The zero-order valence-corrected chi connectivity index (χ0v) is 9.42. The van der Waals surface area contributed by atoms with Crippen LogP contribution in [0.2, 0.25) is 0 Å². The predicted octanol–water partition coefficient (Wildman–Crippen LogP) is 2.32. The van der Waals surface area contributed by atoms with Gasteiger partial charge in [-0.15, -0.1) is 0 Å². The SMILES string of the molecule is COc1ccc(SN2CCCC2=O)cc1. The van der Waals surface area contributed by atoms with E-state index in [4.69, 9.17) is 4.74 Å². The van der Waals surface area contributed by atoms with E-state index in [1.54, 1.807) is 7.11 Å². The van der Waals surface area contributed by atoms with Crippen molar-refractivity contribution in [2.24, 2.45) is 0 Å². The Morgan fingerprint density at radius 2 is 2.07 bits per heavy atom. The van der Waals surface area contributed by atoms with Crippen LogP contribution in [0.15, 0.2) is 29.2 Å². The number of hydrogen-bond acceptors (Lipinski definition) is 3. The summed E-state index contributed by atoms with van der Waals surface area (Å²) in [4.78, 5) is 12.5. The molecule has 1 aromatic rings. The fraction of sp³-hybridized carbons (Fsp3) is 0.364. The number of ether oxygens (including phenoxy) is 1. The van der Waals surface area contributed by atoms with Crippen LogP contribution in [0, 0.1) is 0 Å². The second kappa shape index (κ2) is 4.57. The molecule has 15 heavy (non-hydrogen) atoms. The maximum Gasteiger partial charge on any atom is 0.232 e. The fourth-order valence-corrected chi connectivity index (χ4v) is 2.41. The highest BCUT2D eigenvalue weighted by molar-refractivity contribution is 7.97. The lowest BCUT2D eigenvalue weighted by atomic mass is 10.3. The van der Waals surface area contributed by atoms with E-state index in [0.29, 0.717) is 6.42 Å². The van der Waals surface area contributed by atoms with Gasteiger partial charge in [0.15, 0.2) is 0 Å². The summed E-state index contributed by atoms with van der Waals surface area (Å²) in [6, 6.07) is 7.75. The van der Waals surface area contributed by atoms with Crippen molar-refractivity contribution in [3.05, 3.63) is 24.3 Å². The molecule has 0 atom stereocenters. The minimum absolute atomic E-state index is 0.232. The summed E-state index contributed by atoms with van der Waals surface area (Å²) < 4.78 is 6.89. The highest BCUT2D eigenvalue weighted by Gasteiger charge is 2.20. The van der Waals surface area contributed by atoms with Crippen molar-refractivity contribution < 1.29 is 9.53 Å². The normalized spacial score (nSPS) is 15.8. The Morgan fingerprint density at radius 1 is 1.33 bits per heavy atom. The highest BCUT2D eigenvalue weighted by Crippen LogP contribution is 2.28. The zero-order valence-electron chi connectivity index (χ0n) is 8.60. The van der Waals surface area contributed by atoms with E-state index in [9.17, 15) is 4.79 Å². The van der Waals surface area contributed by atoms with Gasteiger partial charge in [-0.25, -0.2) is 0 Å². The van der Waals surface area contributed by atoms with Crippen molar-refractivity contribution in [1.29, 1.82) is 0 Å². The third kappa shape index (κ3) is 2.45. The first kappa shape index (κ1) is 10.4. The Balaban J connectivity index is 2.01.